The quantitative estimate of drug-likeness (QED) is 0.467. The van der Waals surface area contributed by atoms with Gasteiger partial charge in [-0.3, -0.25) is 9.48 Å². The van der Waals surface area contributed by atoms with Crippen molar-refractivity contribution in [2.75, 3.05) is 5.32 Å². The van der Waals surface area contributed by atoms with Gasteiger partial charge >= 0.3 is 8.25 Å². The zero-order chi connectivity index (χ0) is 19.9. The molecule has 0 fully saturated rings. The molecule has 0 spiro atoms. The van der Waals surface area contributed by atoms with Crippen LogP contribution in [-0.4, -0.2) is 20.6 Å². The molecule has 0 aliphatic rings. The van der Waals surface area contributed by atoms with Crippen molar-refractivity contribution in [3.05, 3.63) is 78.0 Å². The average molecular weight is 396 g/mol. The Morgan fingerprint density at radius 1 is 1.21 bits per heavy atom. The fourth-order valence-electron chi connectivity index (χ4n) is 2.69. The first-order valence-electron chi connectivity index (χ1n) is 8.47. The Hall–Kier alpha value is -3.12. The molecule has 1 unspecified atom stereocenters. The normalized spacial score (nSPS) is 11.6. The van der Waals surface area contributed by atoms with Crippen molar-refractivity contribution in [3.8, 4) is 11.3 Å². The molecule has 1 heterocycles. The van der Waals surface area contributed by atoms with Crippen LogP contribution in [0.15, 0.2) is 66.9 Å². The SMILES string of the molecule is Cn1ncc(/C=C/C(=O)Nc2ccc(CO[P+](=O)O)cc2)c1-c1ccccc1. The number of anilines is 1. The predicted molar refractivity (Wildman–Crippen MR) is 107 cm³/mol. The van der Waals surface area contributed by atoms with Crippen LogP contribution in [0, 0.1) is 0 Å². The molecule has 28 heavy (non-hydrogen) atoms. The van der Waals surface area contributed by atoms with Crippen molar-refractivity contribution in [1.29, 1.82) is 0 Å². The Kier molecular flexibility index (Phi) is 6.45. The van der Waals surface area contributed by atoms with E-state index in [-0.39, 0.29) is 12.5 Å². The molecule has 0 radical (unpaired) electrons. The highest BCUT2D eigenvalue weighted by molar-refractivity contribution is 7.32. The van der Waals surface area contributed by atoms with E-state index in [1.165, 1.54) is 6.08 Å². The van der Waals surface area contributed by atoms with Crippen LogP contribution in [0.5, 0.6) is 0 Å². The molecule has 0 saturated heterocycles. The molecule has 1 amide bonds. The summed E-state index contributed by atoms with van der Waals surface area (Å²) in [5.41, 5.74) is 4.13. The number of aromatic nitrogens is 2. The second-order valence-corrected chi connectivity index (χ2v) is 6.70. The lowest BCUT2D eigenvalue weighted by Gasteiger charge is -2.04. The Morgan fingerprint density at radius 2 is 1.93 bits per heavy atom. The third-order valence-corrected chi connectivity index (χ3v) is 4.34. The van der Waals surface area contributed by atoms with E-state index in [4.69, 9.17) is 4.89 Å². The lowest BCUT2D eigenvalue weighted by atomic mass is 10.1. The number of nitrogens with one attached hydrogen (secondary N) is 1. The third-order valence-electron chi connectivity index (χ3n) is 3.99. The fourth-order valence-corrected chi connectivity index (χ4v) is 2.95. The summed E-state index contributed by atoms with van der Waals surface area (Å²) in [6, 6.07) is 16.7. The number of amides is 1. The number of carbonyl (C=O) groups is 1. The molecule has 0 bridgehead atoms. The summed E-state index contributed by atoms with van der Waals surface area (Å²) >= 11 is 0. The van der Waals surface area contributed by atoms with Gasteiger partial charge in [0.15, 0.2) is 0 Å². The van der Waals surface area contributed by atoms with Crippen LogP contribution in [-0.2, 0) is 27.5 Å². The number of nitrogens with zero attached hydrogens (tertiary/aromatic N) is 2. The summed E-state index contributed by atoms with van der Waals surface area (Å²) in [7, 11) is -0.767. The molecule has 1 atom stereocenters. The summed E-state index contributed by atoms with van der Waals surface area (Å²) in [5.74, 6) is -0.273. The average Bonchev–Trinajstić information content (AvgIpc) is 3.07. The minimum atomic E-state index is -2.63. The van der Waals surface area contributed by atoms with Gasteiger partial charge in [-0.1, -0.05) is 42.5 Å². The summed E-state index contributed by atoms with van der Waals surface area (Å²) in [6.45, 7) is 0.0309. The first kappa shape index (κ1) is 19.6. The molecule has 1 aromatic heterocycles. The van der Waals surface area contributed by atoms with Crippen LogP contribution in [0.3, 0.4) is 0 Å². The molecular formula is C20H19N3O4P+. The Bertz CT molecular complexity index is 998. The van der Waals surface area contributed by atoms with Gasteiger partial charge in [0.25, 0.3) is 0 Å². The summed E-state index contributed by atoms with van der Waals surface area (Å²) in [6.07, 6.45) is 4.90. The lowest BCUT2D eigenvalue weighted by molar-refractivity contribution is -0.111. The topological polar surface area (TPSA) is 93.5 Å². The maximum absolute atomic E-state index is 12.2. The van der Waals surface area contributed by atoms with Crippen molar-refractivity contribution in [2.24, 2.45) is 7.05 Å². The van der Waals surface area contributed by atoms with E-state index >= 15 is 0 Å². The molecule has 7 nitrogen and oxygen atoms in total. The van der Waals surface area contributed by atoms with E-state index in [0.717, 1.165) is 22.4 Å². The zero-order valence-electron chi connectivity index (χ0n) is 15.1. The summed E-state index contributed by atoms with van der Waals surface area (Å²) in [5, 5.41) is 7.05. The van der Waals surface area contributed by atoms with Crippen molar-refractivity contribution < 1.29 is 18.8 Å². The highest BCUT2D eigenvalue weighted by Crippen LogP contribution is 2.24. The molecule has 8 heteroatoms. The van der Waals surface area contributed by atoms with E-state index < -0.39 is 8.25 Å². The smallest absolute Gasteiger partial charge is 0.323 e. The van der Waals surface area contributed by atoms with Gasteiger partial charge in [-0.05, 0) is 23.8 Å². The van der Waals surface area contributed by atoms with Crippen LogP contribution in [0.2, 0.25) is 0 Å². The van der Waals surface area contributed by atoms with E-state index in [1.54, 1.807) is 41.2 Å². The van der Waals surface area contributed by atoms with E-state index in [0.29, 0.717) is 5.69 Å². The van der Waals surface area contributed by atoms with E-state index in [9.17, 15) is 9.36 Å². The number of hydrogen-bond donors (Lipinski definition) is 2. The molecule has 3 aromatic rings. The first-order chi connectivity index (χ1) is 13.5. The number of carbonyl (C=O) groups excluding carboxylic acids is 1. The van der Waals surface area contributed by atoms with Crippen LogP contribution in [0.4, 0.5) is 5.69 Å². The summed E-state index contributed by atoms with van der Waals surface area (Å²) in [4.78, 5) is 20.9. The molecule has 2 N–H and O–H groups in total. The highest BCUT2D eigenvalue weighted by atomic mass is 31.1. The van der Waals surface area contributed by atoms with Gasteiger partial charge in [0.05, 0.1) is 11.9 Å². The monoisotopic (exact) mass is 396 g/mol. The number of hydrogen-bond acceptors (Lipinski definition) is 4. The van der Waals surface area contributed by atoms with Crippen LogP contribution in [0.1, 0.15) is 11.1 Å². The van der Waals surface area contributed by atoms with Crippen molar-refractivity contribution in [2.45, 2.75) is 6.61 Å². The summed E-state index contributed by atoms with van der Waals surface area (Å²) < 4.78 is 17.0. The van der Waals surface area contributed by atoms with Crippen molar-refractivity contribution in [3.63, 3.8) is 0 Å². The minimum absolute atomic E-state index is 0.0309. The van der Waals surface area contributed by atoms with Crippen molar-refractivity contribution >= 4 is 25.9 Å². The third kappa shape index (κ3) is 5.20. The van der Waals surface area contributed by atoms with Gasteiger partial charge < -0.3 is 5.32 Å². The molecule has 0 aliphatic heterocycles. The van der Waals surface area contributed by atoms with Gasteiger partial charge in [-0.15, -0.1) is 9.42 Å². The number of rotatable bonds is 7. The molecule has 2 aromatic carbocycles. The molecule has 0 aliphatic carbocycles. The number of benzene rings is 2. The maximum Gasteiger partial charge on any atom is 0.695 e. The van der Waals surface area contributed by atoms with Crippen LogP contribution in [0.25, 0.3) is 17.3 Å². The van der Waals surface area contributed by atoms with Gasteiger partial charge in [0.2, 0.25) is 5.91 Å². The Morgan fingerprint density at radius 3 is 2.61 bits per heavy atom. The predicted octanol–water partition coefficient (Wildman–Crippen LogP) is 3.91. The first-order valence-corrected chi connectivity index (χ1v) is 9.60. The maximum atomic E-state index is 12.2. The molecule has 3 rings (SSSR count). The van der Waals surface area contributed by atoms with Gasteiger partial charge in [-0.2, -0.15) is 5.10 Å². The largest absolute Gasteiger partial charge is 0.695 e. The van der Waals surface area contributed by atoms with Gasteiger partial charge in [-0.25, -0.2) is 0 Å². The second kappa shape index (κ2) is 9.19. The number of aryl methyl sites for hydroxylation is 1. The Balaban J connectivity index is 1.66. The van der Waals surface area contributed by atoms with E-state index in [2.05, 4.69) is 14.9 Å². The van der Waals surface area contributed by atoms with E-state index in [1.807, 2.05) is 37.4 Å². The van der Waals surface area contributed by atoms with Gasteiger partial charge in [0, 0.05) is 34.5 Å². The van der Waals surface area contributed by atoms with Crippen LogP contribution >= 0.6 is 8.25 Å². The molecule has 0 saturated carbocycles. The van der Waals surface area contributed by atoms with Crippen molar-refractivity contribution in [1.82, 2.24) is 9.78 Å². The molecular weight excluding hydrogens is 377 g/mol. The second-order valence-electron chi connectivity index (χ2n) is 5.97. The lowest BCUT2D eigenvalue weighted by Crippen LogP contribution is -2.07. The van der Waals surface area contributed by atoms with Gasteiger partial charge in [0.1, 0.15) is 6.61 Å². The molecule has 142 valence electrons. The highest BCUT2D eigenvalue weighted by Gasteiger charge is 2.12. The standard InChI is InChI=1S/C20H18N3O4P/c1-23-20(16-5-3-2-4-6-16)17(13-21-23)9-12-19(24)22-18-10-7-15(8-11-18)14-27-28(25)26/h2-13H,14H2,1H3,(H-,22,24,25,26)/p+1/b12-9+. The Labute approximate surface area is 163 Å². The minimum Gasteiger partial charge on any atom is -0.323 e. The fraction of sp³-hybridized carbons (Fsp3) is 0.100. The zero-order valence-corrected chi connectivity index (χ0v) is 16.0. The van der Waals surface area contributed by atoms with Crippen LogP contribution < -0.4 is 5.32 Å².